The van der Waals surface area contributed by atoms with Crippen molar-refractivity contribution in [2.75, 3.05) is 31.1 Å². The molecule has 0 spiro atoms. The number of halogens is 2. The lowest BCUT2D eigenvalue weighted by Crippen LogP contribution is -2.49. The smallest absolute Gasteiger partial charge is 0.223 e. The van der Waals surface area contributed by atoms with Gasteiger partial charge in [0.25, 0.3) is 0 Å². The zero-order valence-corrected chi connectivity index (χ0v) is 18.1. The molecule has 0 atom stereocenters. The first-order chi connectivity index (χ1) is 15.0. The summed E-state index contributed by atoms with van der Waals surface area (Å²) in [6, 6.07) is 10.8. The molecule has 3 heterocycles. The Balaban J connectivity index is 1.31. The number of amides is 1. The SMILES string of the molecule is N#Cc1cccnc1N1CCN(C(=O)CCc2ncc(-c3ccc(Cl)cc3Cl)o2)CC1. The Hall–Kier alpha value is -3.08. The van der Waals surface area contributed by atoms with E-state index in [0.717, 1.165) is 0 Å². The van der Waals surface area contributed by atoms with Gasteiger partial charge < -0.3 is 14.2 Å². The number of piperazine rings is 1. The summed E-state index contributed by atoms with van der Waals surface area (Å²) < 4.78 is 5.77. The van der Waals surface area contributed by atoms with Gasteiger partial charge in [-0.3, -0.25) is 4.79 Å². The largest absolute Gasteiger partial charge is 0.441 e. The third kappa shape index (κ3) is 4.82. The number of anilines is 1. The molecule has 0 N–H and O–H groups in total. The molecule has 7 nitrogen and oxygen atoms in total. The quantitative estimate of drug-likeness (QED) is 0.572. The van der Waals surface area contributed by atoms with Crippen LogP contribution in [-0.4, -0.2) is 47.0 Å². The first-order valence-electron chi connectivity index (χ1n) is 9.83. The van der Waals surface area contributed by atoms with E-state index in [1.165, 1.54) is 0 Å². The molecule has 1 aliphatic rings. The Kier molecular flexibility index (Phi) is 6.40. The van der Waals surface area contributed by atoms with Crippen LogP contribution < -0.4 is 4.90 Å². The van der Waals surface area contributed by atoms with Crippen molar-refractivity contribution >= 4 is 34.9 Å². The van der Waals surface area contributed by atoms with Crippen molar-refractivity contribution in [3.05, 3.63) is 64.2 Å². The second kappa shape index (κ2) is 9.38. The van der Waals surface area contributed by atoms with E-state index >= 15 is 0 Å². The van der Waals surface area contributed by atoms with Crippen LogP contribution >= 0.6 is 23.2 Å². The van der Waals surface area contributed by atoms with Crippen molar-refractivity contribution in [3.8, 4) is 17.4 Å². The van der Waals surface area contributed by atoms with Gasteiger partial charge in [0.1, 0.15) is 11.9 Å². The summed E-state index contributed by atoms with van der Waals surface area (Å²) in [5.74, 6) is 1.75. The number of benzene rings is 1. The fourth-order valence-corrected chi connectivity index (χ4v) is 4.02. The number of oxazole rings is 1. The highest BCUT2D eigenvalue weighted by atomic mass is 35.5. The first kappa shape index (κ1) is 21.2. The Bertz CT molecular complexity index is 1130. The summed E-state index contributed by atoms with van der Waals surface area (Å²) in [6.07, 6.45) is 3.99. The lowest BCUT2D eigenvalue weighted by molar-refractivity contribution is -0.131. The minimum absolute atomic E-state index is 0.0467. The van der Waals surface area contributed by atoms with E-state index in [1.807, 2.05) is 9.80 Å². The molecule has 1 aromatic carbocycles. The molecule has 0 saturated carbocycles. The van der Waals surface area contributed by atoms with E-state index in [4.69, 9.17) is 27.6 Å². The molecule has 1 saturated heterocycles. The first-order valence-corrected chi connectivity index (χ1v) is 10.6. The van der Waals surface area contributed by atoms with E-state index in [-0.39, 0.29) is 5.91 Å². The van der Waals surface area contributed by atoms with Gasteiger partial charge in [0, 0.05) is 55.8 Å². The molecule has 2 aromatic heterocycles. The Morgan fingerprint density at radius 2 is 1.97 bits per heavy atom. The van der Waals surface area contributed by atoms with Gasteiger partial charge in [-0.15, -0.1) is 0 Å². The number of pyridine rings is 1. The van der Waals surface area contributed by atoms with Crippen molar-refractivity contribution < 1.29 is 9.21 Å². The van der Waals surface area contributed by atoms with Gasteiger partial charge in [0.2, 0.25) is 5.91 Å². The van der Waals surface area contributed by atoms with Crippen LogP contribution in [-0.2, 0) is 11.2 Å². The molecule has 4 rings (SSSR count). The van der Waals surface area contributed by atoms with Crippen LogP contribution in [0, 0.1) is 11.3 Å². The summed E-state index contributed by atoms with van der Waals surface area (Å²) in [4.78, 5) is 25.1. The molecular weight excluding hydrogens is 437 g/mol. The highest BCUT2D eigenvalue weighted by Crippen LogP contribution is 2.31. The van der Waals surface area contributed by atoms with Crippen LogP contribution in [0.2, 0.25) is 10.0 Å². The van der Waals surface area contributed by atoms with Gasteiger partial charge in [-0.2, -0.15) is 5.26 Å². The van der Waals surface area contributed by atoms with Crippen molar-refractivity contribution in [1.29, 1.82) is 5.26 Å². The molecular formula is C22H19Cl2N5O2. The molecule has 0 bridgehead atoms. The highest BCUT2D eigenvalue weighted by Gasteiger charge is 2.23. The molecule has 31 heavy (non-hydrogen) atoms. The number of hydrogen-bond donors (Lipinski definition) is 0. The standard InChI is InChI=1S/C22H19Cl2N5O2/c23-16-3-4-17(18(24)12-16)19-14-27-20(31-19)5-6-21(30)28-8-10-29(11-9-28)22-15(13-25)2-1-7-26-22/h1-4,7,12,14H,5-6,8-11H2. The minimum Gasteiger partial charge on any atom is -0.441 e. The predicted molar refractivity (Wildman–Crippen MR) is 118 cm³/mol. The van der Waals surface area contributed by atoms with Crippen molar-refractivity contribution in [1.82, 2.24) is 14.9 Å². The average Bonchev–Trinajstić information content (AvgIpc) is 3.26. The van der Waals surface area contributed by atoms with Crippen LogP contribution in [0.1, 0.15) is 17.9 Å². The number of aryl methyl sites for hydroxylation is 1. The zero-order chi connectivity index (χ0) is 21.8. The van der Waals surface area contributed by atoms with Crippen LogP contribution in [0.3, 0.4) is 0 Å². The van der Waals surface area contributed by atoms with Crippen molar-refractivity contribution in [3.63, 3.8) is 0 Å². The van der Waals surface area contributed by atoms with E-state index in [0.29, 0.717) is 77.7 Å². The monoisotopic (exact) mass is 455 g/mol. The second-order valence-electron chi connectivity index (χ2n) is 7.10. The molecule has 9 heteroatoms. The van der Waals surface area contributed by atoms with Crippen molar-refractivity contribution in [2.24, 2.45) is 0 Å². The molecule has 1 fully saturated rings. The van der Waals surface area contributed by atoms with E-state index < -0.39 is 0 Å². The van der Waals surface area contributed by atoms with Gasteiger partial charge >= 0.3 is 0 Å². The minimum atomic E-state index is 0.0467. The molecule has 0 unspecified atom stereocenters. The lowest BCUT2D eigenvalue weighted by Gasteiger charge is -2.35. The van der Waals surface area contributed by atoms with Crippen molar-refractivity contribution in [2.45, 2.75) is 12.8 Å². The number of hydrogen-bond acceptors (Lipinski definition) is 6. The van der Waals surface area contributed by atoms with E-state index in [2.05, 4.69) is 16.0 Å². The number of nitrogens with zero attached hydrogens (tertiary/aromatic N) is 5. The third-order valence-electron chi connectivity index (χ3n) is 5.14. The van der Waals surface area contributed by atoms with Crippen LogP contribution in [0.4, 0.5) is 5.82 Å². The van der Waals surface area contributed by atoms with Crippen LogP contribution in [0.5, 0.6) is 0 Å². The summed E-state index contributed by atoms with van der Waals surface area (Å²) in [5, 5.41) is 10.3. The maximum Gasteiger partial charge on any atom is 0.223 e. The Morgan fingerprint density at radius 3 is 2.71 bits per heavy atom. The third-order valence-corrected chi connectivity index (χ3v) is 5.69. The second-order valence-corrected chi connectivity index (χ2v) is 7.94. The summed E-state index contributed by atoms with van der Waals surface area (Å²) >= 11 is 12.2. The average molecular weight is 456 g/mol. The molecule has 1 aliphatic heterocycles. The predicted octanol–water partition coefficient (Wildman–Crippen LogP) is 4.20. The van der Waals surface area contributed by atoms with Crippen LogP contribution in [0.25, 0.3) is 11.3 Å². The molecule has 1 amide bonds. The number of nitriles is 1. The normalized spacial score (nSPS) is 13.8. The molecule has 158 valence electrons. The maximum absolute atomic E-state index is 12.6. The number of carbonyl (C=O) groups excluding carboxylic acids is 1. The fourth-order valence-electron chi connectivity index (χ4n) is 3.52. The number of carbonyl (C=O) groups is 1. The highest BCUT2D eigenvalue weighted by molar-refractivity contribution is 6.36. The summed E-state index contributed by atoms with van der Waals surface area (Å²) in [7, 11) is 0. The van der Waals surface area contributed by atoms with Gasteiger partial charge in [0.05, 0.1) is 16.8 Å². The van der Waals surface area contributed by atoms with Gasteiger partial charge in [-0.05, 0) is 30.3 Å². The molecule has 3 aromatic rings. The Labute approximate surface area is 189 Å². The van der Waals surface area contributed by atoms with Crippen LogP contribution in [0.15, 0.2) is 47.1 Å². The topological polar surface area (TPSA) is 86.3 Å². The number of aromatic nitrogens is 2. The zero-order valence-electron chi connectivity index (χ0n) is 16.6. The molecule has 0 aliphatic carbocycles. The fraction of sp³-hybridized carbons (Fsp3) is 0.273. The van der Waals surface area contributed by atoms with E-state index in [1.54, 1.807) is 42.7 Å². The number of rotatable bonds is 5. The van der Waals surface area contributed by atoms with Gasteiger partial charge in [0.15, 0.2) is 11.7 Å². The Morgan fingerprint density at radius 1 is 1.16 bits per heavy atom. The lowest BCUT2D eigenvalue weighted by atomic mass is 10.2. The molecule has 0 radical (unpaired) electrons. The maximum atomic E-state index is 12.6. The summed E-state index contributed by atoms with van der Waals surface area (Å²) in [6.45, 7) is 2.43. The summed E-state index contributed by atoms with van der Waals surface area (Å²) in [5.41, 5.74) is 1.25. The van der Waals surface area contributed by atoms with E-state index in [9.17, 15) is 10.1 Å². The van der Waals surface area contributed by atoms with Gasteiger partial charge in [-0.25, -0.2) is 9.97 Å². The van der Waals surface area contributed by atoms with Gasteiger partial charge in [-0.1, -0.05) is 23.2 Å².